The first-order chi connectivity index (χ1) is 14.1. The summed E-state index contributed by atoms with van der Waals surface area (Å²) in [4.78, 5) is 17.3. The van der Waals surface area contributed by atoms with Crippen molar-refractivity contribution in [3.63, 3.8) is 0 Å². The van der Waals surface area contributed by atoms with Gasteiger partial charge in [0.2, 0.25) is 5.91 Å². The molecule has 29 heavy (non-hydrogen) atoms. The van der Waals surface area contributed by atoms with Gasteiger partial charge >= 0.3 is 0 Å². The lowest BCUT2D eigenvalue weighted by Crippen LogP contribution is -2.51. The Kier molecular flexibility index (Phi) is 5.99. The van der Waals surface area contributed by atoms with E-state index in [1.165, 1.54) is 11.3 Å². The molecule has 1 unspecified atom stereocenters. The molecule has 0 aliphatic carbocycles. The first kappa shape index (κ1) is 20.1. The number of benzene rings is 1. The minimum absolute atomic E-state index is 0.0332. The van der Waals surface area contributed by atoms with Crippen molar-refractivity contribution in [2.75, 3.05) is 26.3 Å². The van der Waals surface area contributed by atoms with Gasteiger partial charge in [-0.25, -0.2) is 4.98 Å². The van der Waals surface area contributed by atoms with Gasteiger partial charge in [0.15, 0.2) is 0 Å². The highest BCUT2D eigenvalue weighted by Gasteiger charge is 2.40. The summed E-state index contributed by atoms with van der Waals surface area (Å²) in [6, 6.07) is 7.95. The van der Waals surface area contributed by atoms with Gasteiger partial charge in [0, 0.05) is 44.5 Å². The minimum Gasteiger partial charge on any atom is -0.381 e. The molecule has 1 fully saturated rings. The average molecular weight is 398 g/mol. The number of rotatable bonds is 6. The molecule has 7 nitrogen and oxygen atoms in total. The molecule has 0 saturated carbocycles. The maximum Gasteiger partial charge on any atom is 0.240 e. The summed E-state index contributed by atoms with van der Waals surface area (Å²) in [6.45, 7) is 5.21. The van der Waals surface area contributed by atoms with E-state index < -0.39 is 0 Å². The van der Waals surface area contributed by atoms with Gasteiger partial charge in [0.05, 0.1) is 17.6 Å². The van der Waals surface area contributed by atoms with E-state index in [0.717, 1.165) is 56.7 Å². The molecule has 1 atom stereocenters. The van der Waals surface area contributed by atoms with Gasteiger partial charge in [-0.2, -0.15) is 0 Å². The first-order valence-electron chi connectivity index (χ1n) is 10.6. The lowest BCUT2D eigenvalue weighted by molar-refractivity contribution is -0.121. The van der Waals surface area contributed by atoms with Crippen molar-refractivity contribution in [3.05, 3.63) is 53.1 Å². The standard InChI is InChI=1S/C22H31N5O2/c1-2-16-5-3-4-6-17(16)18(23)13-24-20(28)14-27-15-25-21-19(27)7-10-26-22(21)8-11-29-12-9-22/h3-6,15,18,26H,2,7-14,23H2,1H3,(H,24,28). The van der Waals surface area contributed by atoms with Crippen molar-refractivity contribution in [1.29, 1.82) is 0 Å². The molecule has 2 aromatic rings. The van der Waals surface area contributed by atoms with Crippen molar-refractivity contribution in [2.24, 2.45) is 5.73 Å². The molecule has 4 N–H and O–H groups in total. The van der Waals surface area contributed by atoms with E-state index in [0.29, 0.717) is 6.54 Å². The lowest BCUT2D eigenvalue weighted by atomic mass is 9.82. The third-order valence-corrected chi connectivity index (χ3v) is 6.24. The molecule has 1 aromatic heterocycles. The van der Waals surface area contributed by atoms with Gasteiger partial charge in [0.25, 0.3) is 0 Å². The molecule has 2 aliphatic heterocycles. The largest absolute Gasteiger partial charge is 0.381 e. The number of ether oxygens (including phenoxy) is 1. The highest BCUT2D eigenvalue weighted by molar-refractivity contribution is 5.76. The molecule has 2 aliphatic rings. The lowest BCUT2D eigenvalue weighted by Gasteiger charge is -2.40. The quantitative estimate of drug-likeness (QED) is 0.685. The van der Waals surface area contributed by atoms with Crippen LogP contribution >= 0.6 is 0 Å². The number of hydrogen-bond donors (Lipinski definition) is 3. The number of hydrogen-bond acceptors (Lipinski definition) is 5. The van der Waals surface area contributed by atoms with Crippen LogP contribution in [0.3, 0.4) is 0 Å². The van der Waals surface area contributed by atoms with Crippen LogP contribution in [0.15, 0.2) is 30.6 Å². The summed E-state index contributed by atoms with van der Waals surface area (Å²) in [7, 11) is 0. The first-order valence-corrected chi connectivity index (χ1v) is 10.6. The van der Waals surface area contributed by atoms with E-state index in [1.54, 1.807) is 6.33 Å². The zero-order valence-electron chi connectivity index (χ0n) is 17.1. The normalized spacial score (nSPS) is 19.0. The van der Waals surface area contributed by atoms with Gasteiger partial charge in [-0.3, -0.25) is 4.79 Å². The zero-order chi connectivity index (χ0) is 20.3. The Hall–Kier alpha value is -2.22. The number of fused-ring (bicyclic) bond motifs is 2. The van der Waals surface area contributed by atoms with E-state index in [4.69, 9.17) is 15.5 Å². The van der Waals surface area contributed by atoms with Crippen LogP contribution < -0.4 is 16.4 Å². The molecule has 1 amide bonds. The Labute approximate surface area is 172 Å². The topological polar surface area (TPSA) is 94.2 Å². The van der Waals surface area contributed by atoms with E-state index in [1.807, 2.05) is 22.8 Å². The van der Waals surface area contributed by atoms with E-state index in [2.05, 4.69) is 23.6 Å². The fourth-order valence-corrected chi connectivity index (χ4v) is 4.61. The van der Waals surface area contributed by atoms with Crippen molar-refractivity contribution in [2.45, 2.75) is 50.7 Å². The molecule has 0 bridgehead atoms. The predicted molar refractivity (Wildman–Crippen MR) is 111 cm³/mol. The molecule has 1 saturated heterocycles. The Morgan fingerprint density at radius 2 is 2.17 bits per heavy atom. The van der Waals surface area contributed by atoms with Crippen molar-refractivity contribution >= 4 is 5.91 Å². The van der Waals surface area contributed by atoms with Crippen molar-refractivity contribution in [1.82, 2.24) is 20.2 Å². The highest BCUT2D eigenvalue weighted by atomic mass is 16.5. The Bertz CT molecular complexity index is 857. The molecule has 1 aromatic carbocycles. The zero-order valence-corrected chi connectivity index (χ0v) is 17.1. The molecular weight excluding hydrogens is 366 g/mol. The second-order valence-electron chi connectivity index (χ2n) is 8.00. The number of aromatic nitrogens is 2. The molecule has 1 spiro atoms. The van der Waals surface area contributed by atoms with Crippen LogP contribution in [-0.4, -0.2) is 41.8 Å². The van der Waals surface area contributed by atoms with Gasteiger partial charge in [-0.15, -0.1) is 0 Å². The number of nitrogens with zero attached hydrogens (tertiary/aromatic N) is 2. The number of carbonyl (C=O) groups excluding carboxylic acids is 1. The smallest absolute Gasteiger partial charge is 0.240 e. The molecule has 0 radical (unpaired) electrons. The summed E-state index contributed by atoms with van der Waals surface area (Å²) in [5, 5.41) is 6.65. The number of imidazole rings is 1. The summed E-state index contributed by atoms with van der Waals surface area (Å²) in [5.74, 6) is -0.0332. The van der Waals surface area contributed by atoms with Crippen LogP contribution in [0.5, 0.6) is 0 Å². The third-order valence-electron chi connectivity index (χ3n) is 6.24. The monoisotopic (exact) mass is 397 g/mol. The van der Waals surface area contributed by atoms with E-state index >= 15 is 0 Å². The van der Waals surface area contributed by atoms with E-state index in [-0.39, 0.29) is 24.0 Å². The number of nitrogens with two attached hydrogens (primary N) is 1. The van der Waals surface area contributed by atoms with Crippen LogP contribution in [0.25, 0.3) is 0 Å². The van der Waals surface area contributed by atoms with Gasteiger partial charge in [0.1, 0.15) is 6.54 Å². The fraction of sp³-hybridized carbons (Fsp3) is 0.545. The number of amides is 1. The van der Waals surface area contributed by atoms with Gasteiger partial charge in [-0.1, -0.05) is 31.2 Å². The molecular formula is C22H31N5O2. The second-order valence-corrected chi connectivity index (χ2v) is 8.00. The number of nitrogens with one attached hydrogen (secondary N) is 2. The minimum atomic E-state index is -0.207. The summed E-state index contributed by atoms with van der Waals surface area (Å²) in [5.41, 5.74) is 10.8. The van der Waals surface area contributed by atoms with Crippen molar-refractivity contribution in [3.8, 4) is 0 Å². The molecule has 156 valence electrons. The Morgan fingerprint density at radius 3 is 2.97 bits per heavy atom. The molecule has 7 heteroatoms. The molecule has 4 rings (SSSR count). The number of aryl methyl sites for hydroxylation is 1. The Morgan fingerprint density at radius 1 is 1.38 bits per heavy atom. The van der Waals surface area contributed by atoms with Gasteiger partial charge < -0.3 is 25.7 Å². The van der Waals surface area contributed by atoms with E-state index in [9.17, 15) is 4.79 Å². The summed E-state index contributed by atoms with van der Waals surface area (Å²) < 4.78 is 7.53. The van der Waals surface area contributed by atoms with Gasteiger partial charge in [-0.05, 0) is 30.4 Å². The van der Waals surface area contributed by atoms with Crippen LogP contribution in [0.4, 0.5) is 0 Å². The second kappa shape index (κ2) is 8.65. The summed E-state index contributed by atoms with van der Waals surface area (Å²) >= 11 is 0. The van der Waals surface area contributed by atoms with Crippen LogP contribution in [0, 0.1) is 0 Å². The van der Waals surface area contributed by atoms with Crippen LogP contribution in [-0.2, 0) is 34.5 Å². The Balaban J connectivity index is 1.39. The SMILES string of the molecule is CCc1ccccc1C(N)CNC(=O)Cn1cnc2c1CCNC21CCOCC1. The highest BCUT2D eigenvalue weighted by Crippen LogP contribution is 2.35. The average Bonchev–Trinajstić information content (AvgIpc) is 3.17. The fourth-order valence-electron chi connectivity index (χ4n) is 4.61. The molecule has 3 heterocycles. The summed E-state index contributed by atoms with van der Waals surface area (Å²) in [6.07, 6.45) is 5.47. The van der Waals surface area contributed by atoms with Crippen LogP contribution in [0.2, 0.25) is 0 Å². The number of carbonyl (C=O) groups is 1. The predicted octanol–water partition coefficient (Wildman–Crippen LogP) is 1.41. The maximum absolute atomic E-state index is 12.6. The third kappa shape index (κ3) is 4.08. The van der Waals surface area contributed by atoms with Crippen LogP contribution in [0.1, 0.15) is 48.3 Å². The maximum atomic E-state index is 12.6. The van der Waals surface area contributed by atoms with Crippen molar-refractivity contribution < 1.29 is 9.53 Å².